The molecule has 0 saturated heterocycles. The maximum absolute atomic E-state index is 12.5. The summed E-state index contributed by atoms with van der Waals surface area (Å²) in [7, 11) is 2.02. The second-order valence-electron chi connectivity index (χ2n) is 10.00. The highest BCUT2D eigenvalue weighted by Crippen LogP contribution is 2.51. The monoisotopic (exact) mass is 537 g/mol. The minimum absolute atomic E-state index is 0.172. The molecule has 1 saturated carbocycles. The Labute approximate surface area is 219 Å². The lowest BCUT2D eigenvalue weighted by Gasteiger charge is -2.50. The van der Waals surface area contributed by atoms with E-state index >= 15 is 0 Å². The van der Waals surface area contributed by atoms with Crippen LogP contribution in [0, 0.1) is 23.2 Å². The van der Waals surface area contributed by atoms with Gasteiger partial charge in [-0.15, -0.1) is 13.2 Å². The molecule has 0 amide bonds. The molecule has 1 aromatic carbocycles. The molecule has 1 fully saturated rings. The maximum Gasteiger partial charge on any atom is 0.573 e. The van der Waals surface area contributed by atoms with Gasteiger partial charge in [0.25, 0.3) is 0 Å². The average molecular weight is 538 g/mol. The van der Waals surface area contributed by atoms with Crippen LogP contribution in [0.3, 0.4) is 0 Å². The largest absolute Gasteiger partial charge is 0.573 e. The van der Waals surface area contributed by atoms with Crippen LogP contribution in [0.2, 0.25) is 0 Å². The van der Waals surface area contributed by atoms with Gasteiger partial charge in [-0.3, -0.25) is 4.68 Å². The van der Waals surface area contributed by atoms with Gasteiger partial charge in [0.05, 0.1) is 6.61 Å². The lowest BCUT2D eigenvalue weighted by Crippen LogP contribution is -2.45. The lowest BCUT2D eigenvalue weighted by molar-refractivity contribution is -0.274. The molecule has 0 N–H and O–H groups in total. The van der Waals surface area contributed by atoms with Gasteiger partial charge >= 0.3 is 6.36 Å². The van der Waals surface area contributed by atoms with Gasteiger partial charge in [0.15, 0.2) is 5.16 Å². The van der Waals surface area contributed by atoms with E-state index in [0.29, 0.717) is 24.2 Å². The fourth-order valence-electron chi connectivity index (χ4n) is 5.70. The number of imidazole rings is 1. The van der Waals surface area contributed by atoms with Crippen molar-refractivity contribution in [2.24, 2.45) is 30.2 Å². The second-order valence-corrected chi connectivity index (χ2v) is 11.1. The summed E-state index contributed by atoms with van der Waals surface area (Å²) in [4.78, 5) is 8.57. The maximum atomic E-state index is 12.5. The SMILES string of the molecule is CC[C@@H]1[C@@H](Cn2cncn2)[C@H](COc2ccc(OC(F)(F)F)cc2)CC[C@@]1(C)CCSc1nccn1C. The summed E-state index contributed by atoms with van der Waals surface area (Å²) in [6.07, 6.45) is 6.63. The number of thioether (sulfide) groups is 1. The predicted octanol–water partition coefficient (Wildman–Crippen LogP) is 6.23. The van der Waals surface area contributed by atoms with Gasteiger partial charge in [0.1, 0.15) is 24.2 Å². The third-order valence-corrected chi connectivity index (χ3v) is 8.67. The highest BCUT2D eigenvalue weighted by Gasteiger charge is 2.45. The standard InChI is InChI=1S/C26H34F3N5O2S/c1-4-23-22(15-34-18-30-17-32-34)19(16-35-20-5-7-21(8-6-20)36-26(27,28)29)9-10-25(23,2)11-14-37-24-31-12-13-33(24)3/h5-8,12-13,17-19,22-23H,4,9-11,14-16H2,1-3H3/t19-,22-,23+,25-/m0/s1. The molecule has 0 aliphatic heterocycles. The van der Waals surface area contributed by atoms with Gasteiger partial charge in [0.2, 0.25) is 0 Å². The van der Waals surface area contributed by atoms with Gasteiger partial charge in [-0.05, 0) is 66.7 Å². The first-order chi connectivity index (χ1) is 17.7. The van der Waals surface area contributed by atoms with Crippen LogP contribution in [0.15, 0.2) is 54.5 Å². The minimum Gasteiger partial charge on any atom is -0.493 e. The van der Waals surface area contributed by atoms with E-state index in [1.54, 1.807) is 24.4 Å². The van der Waals surface area contributed by atoms with Crippen molar-refractivity contribution in [1.29, 1.82) is 0 Å². The number of alkyl halides is 3. The molecule has 2 heterocycles. The van der Waals surface area contributed by atoms with Crippen molar-refractivity contribution in [2.75, 3.05) is 12.4 Å². The van der Waals surface area contributed by atoms with Crippen molar-refractivity contribution in [1.82, 2.24) is 24.3 Å². The number of aromatic nitrogens is 5. The number of rotatable bonds is 11. The zero-order valence-corrected chi connectivity index (χ0v) is 22.2. The van der Waals surface area contributed by atoms with Crippen LogP contribution in [0.25, 0.3) is 0 Å². The molecule has 1 aliphatic rings. The lowest BCUT2D eigenvalue weighted by atomic mass is 9.57. The Hall–Kier alpha value is -2.69. The molecule has 7 nitrogen and oxygen atoms in total. The van der Waals surface area contributed by atoms with E-state index in [1.807, 2.05) is 28.7 Å². The molecule has 0 radical (unpaired) electrons. The van der Waals surface area contributed by atoms with Crippen LogP contribution in [0.4, 0.5) is 13.2 Å². The van der Waals surface area contributed by atoms with Gasteiger partial charge in [-0.2, -0.15) is 5.10 Å². The normalized spacial score (nSPS) is 24.2. The Bertz CT molecular complexity index is 1110. The number of benzene rings is 1. The summed E-state index contributed by atoms with van der Waals surface area (Å²) in [5.74, 6) is 2.35. The van der Waals surface area contributed by atoms with Gasteiger partial charge < -0.3 is 14.0 Å². The van der Waals surface area contributed by atoms with Gasteiger partial charge in [-0.1, -0.05) is 32.0 Å². The number of aryl methyl sites for hydroxylation is 1. The van der Waals surface area contributed by atoms with Gasteiger partial charge in [-0.25, -0.2) is 9.97 Å². The van der Waals surface area contributed by atoms with Crippen LogP contribution in [0.5, 0.6) is 11.5 Å². The van der Waals surface area contributed by atoms with E-state index in [1.165, 1.54) is 24.3 Å². The van der Waals surface area contributed by atoms with E-state index in [0.717, 1.165) is 43.1 Å². The molecule has 11 heteroatoms. The topological polar surface area (TPSA) is 67.0 Å². The van der Waals surface area contributed by atoms with Crippen molar-refractivity contribution in [3.05, 3.63) is 49.3 Å². The zero-order chi connectivity index (χ0) is 26.5. The van der Waals surface area contributed by atoms with Gasteiger partial charge in [0, 0.05) is 31.7 Å². The van der Waals surface area contributed by atoms with Crippen molar-refractivity contribution >= 4 is 11.8 Å². The first-order valence-electron chi connectivity index (χ1n) is 12.6. The summed E-state index contributed by atoms with van der Waals surface area (Å²) in [5.41, 5.74) is 0.172. The van der Waals surface area contributed by atoms with E-state index < -0.39 is 6.36 Å². The molecular weight excluding hydrogens is 503 g/mol. The number of halogens is 3. The fraction of sp³-hybridized carbons (Fsp3) is 0.577. The van der Waals surface area contributed by atoms with Crippen molar-refractivity contribution in [3.8, 4) is 11.5 Å². The van der Waals surface area contributed by atoms with Crippen LogP contribution in [0.1, 0.15) is 39.5 Å². The molecule has 2 aromatic heterocycles. The smallest absolute Gasteiger partial charge is 0.493 e. The number of hydrogen-bond donors (Lipinski definition) is 0. The molecule has 202 valence electrons. The molecule has 0 bridgehead atoms. The molecular formula is C26H34F3N5O2S. The molecule has 0 unspecified atom stereocenters. The zero-order valence-electron chi connectivity index (χ0n) is 21.4. The summed E-state index contributed by atoms with van der Waals surface area (Å²) >= 11 is 1.80. The van der Waals surface area contributed by atoms with Crippen LogP contribution in [-0.2, 0) is 13.6 Å². The Morgan fingerprint density at radius 3 is 2.57 bits per heavy atom. The summed E-state index contributed by atoms with van der Waals surface area (Å²) < 4.78 is 51.4. The van der Waals surface area contributed by atoms with Crippen LogP contribution in [-0.4, -0.2) is 43.0 Å². The van der Waals surface area contributed by atoms with Crippen LogP contribution < -0.4 is 9.47 Å². The summed E-state index contributed by atoms with van der Waals surface area (Å²) in [6, 6.07) is 5.60. The number of hydrogen-bond acceptors (Lipinski definition) is 6. The van der Waals surface area contributed by atoms with Crippen LogP contribution >= 0.6 is 11.8 Å². The summed E-state index contributed by atoms with van der Waals surface area (Å²) in [6.45, 7) is 5.91. The van der Waals surface area contributed by atoms with E-state index in [4.69, 9.17) is 4.74 Å². The Morgan fingerprint density at radius 2 is 1.95 bits per heavy atom. The summed E-state index contributed by atoms with van der Waals surface area (Å²) in [5, 5.41) is 5.40. The molecule has 1 aliphatic carbocycles. The van der Waals surface area contributed by atoms with Crippen molar-refractivity contribution in [2.45, 2.75) is 57.6 Å². The Balaban J connectivity index is 1.43. The third kappa shape index (κ3) is 7.21. The van der Waals surface area contributed by atoms with Crippen molar-refractivity contribution in [3.63, 3.8) is 0 Å². The highest BCUT2D eigenvalue weighted by atomic mass is 32.2. The minimum atomic E-state index is -4.71. The quantitative estimate of drug-likeness (QED) is 0.270. The second kappa shape index (κ2) is 11.8. The number of ether oxygens (including phenoxy) is 2. The molecule has 3 aromatic rings. The Kier molecular flexibility index (Phi) is 8.71. The van der Waals surface area contributed by atoms with E-state index in [2.05, 4.69) is 33.7 Å². The van der Waals surface area contributed by atoms with Crippen molar-refractivity contribution < 1.29 is 22.6 Å². The predicted molar refractivity (Wildman–Crippen MR) is 135 cm³/mol. The van der Waals surface area contributed by atoms with E-state index in [9.17, 15) is 13.2 Å². The molecule has 4 rings (SSSR count). The Morgan fingerprint density at radius 1 is 1.19 bits per heavy atom. The number of nitrogens with zero attached hydrogens (tertiary/aromatic N) is 5. The molecule has 37 heavy (non-hydrogen) atoms. The first kappa shape index (κ1) is 27.3. The average Bonchev–Trinajstić information content (AvgIpc) is 3.51. The third-order valence-electron chi connectivity index (χ3n) is 7.61. The molecule has 0 spiro atoms. The highest BCUT2D eigenvalue weighted by molar-refractivity contribution is 7.99. The molecule has 4 atom stereocenters. The van der Waals surface area contributed by atoms with E-state index in [-0.39, 0.29) is 17.1 Å². The fourth-order valence-corrected chi connectivity index (χ4v) is 6.85. The first-order valence-corrected chi connectivity index (χ1v) is 13.6.